The quantitative estimate of drug-likeness (QED) is 0.266. The van der Waals surface area contributed by atoms with E-state index in [-0.39, 0.29) is 19.0 Å². The highest BCUT2D eigenvalue weighted by atomic mass is 79.9. The van der Waals surface area contributed by atoms with Gasteiger partial charge in [-0.3, -0.25) is 0 Å². The normalized spacial score (nSPS) is 12.3. The SMILES string of the molecule is O=[P+](OC(F)(F)c1ccc(Cl)cc1Br)OC(F)(F)c1ccc(Cl)cc1Br. The Labute approximate surface area is 172 Å². The van der Waals surface area contributed by atoms with Gasteiger partial charge in [-0.05, 0) is 45.4 Å². The Hall–Kier alpha value is -0.280. The van der Waals surface area contributed by atoms with Gasteiger partial charge in [0.1, 0.15) is 0 Å². The predicted octanol–water partition coefficient (Wildman–Crippen LogP) is 8.01. The fraction of sp³-hybridized carbons (Fsp3) is 0.143. The van der Waals surface area contributed by atoms with Crippen LogP contribution in [0.3, 0.4) is 0 Å². The first-order chi connectivity index (χ1) is 11.9. The molecule has 3 nitrogen and oxygen atoms in total. The molecule has 0 N–H and O–H groups in total. The molecule has 2 aromatic carbocycles. The average Bonchev–Trinajstić information content (AvgIpc) is 2.44. The highest BCUT2D eigenvalue weighted by molar-refractivity contribution is 9.10. The number of halogens is 8. The molecule has 0 amide bonds. The van der Waals surface area contributed by atoms with E-state index in [1.807, 2.05) is 0 Å². The van der Waals surface area contributed by atoms with E-state index in [9.17, 15) is 22.1 Å². The largest absolute Gasteiger partial charge is 0.710 e. The summed E-state index contributed by atoms with van der Waals surface area (Å²) in [4.78, 5) is 0. The summed E-state index contributed by atoms with van der Waals surface area (Å²) in [6.45, 7) is 0. The van der Waals surface area contributed by atoms with Gasteiger partial charge in [0.2, 0.25) is 0 Å². The molecule has 2 rings (SSSR count). The summed E-state index contributed by atoms with van der Waals surface area (Å²) in [5, 5.41) is 0.298. The molecule has 140 valence electrons. The molecular weight excluding hydrogens is 554 g/mol. The summed E-state index contributed by atoms with van der Waals surface area (Å²) in [5.41, 5.74) is -1.52. The molecule has 0 aliphatic carbocycles. The summed E-state index contributed by atoms with van der Waals surface area (Å²) < 4.78 is 75.5. The fourth-order valence-electron chi connectivity index (χ4n) is 1.76. The summed E-state index contributed by atoms with van der Waals surface area (Å²) in [5.74, 6) is 0. The van der Waals surface area contributed by atoms with Gasteiger partial charge in [-0.15, -0.1) is 0 Å². The zero-order valence-corrected chi connectivity index (χ0v) is 17.7. The van der Waals surface area contributed by atoms with Crippen molar-refractivity contribution in [1.29, 1.82) is 0 Å². The lowest BCUT2D eigenvalue weighted by atomic mass is 10.2. The van der Waals surface area contributed by atoms with Gasteiger partial charge >= 0.3 is 20.5 Å². The van der Waals surface area contributed by atoms with Crippen LogP contribution >= 0.6 is 63.3 Å². The minimum atomic E-state index is -4.18. The van der Waals surface area contributed by atoms with Gasteiger partial charge in [0, 0.05) is 23.6 Å². The first kappa shape index (κ1) is 22.0. The van der Waals surface area contributed by atoms with E-state index < -0.39 is 31.6 Å². The Morgan fingerprint density at radius 3 is 1.46 bits per heavy atom. The maximum Gasteiger partial charge on any atom is 0.710 e. The molecule has 2 aromatic rings. The lowest BCUT2D eigenvalue weighted by molar-refractivity contribution is -0.221. The fourth-order valence-corrected chi connectivity index (χ4v) is 4.19. The molecule has 26 heavy (non-hydrogen) atoms. The molecule has 0 spiro atoms. The molecule has 0 heterocycles. The van der Waals surface area contributed by atoms with Gasteiger partial charge in [0.05, 0.1) is 11.1 Å². The minimum absolute atomic E-state index is 0.149. The number of benzene rings is 2. The summed E-state index contributed by atoms with van der Waals surface area (Å²) >= 11 is 17.0. The highest BCUT2D eigenvalue weighted by Gasteiger charge is 2.52. The first-order valence-corrected chi connectivity index (χ1v) is 9.88. The molecule has 0 radical (unpaired) electrons. The van der Waals surface area contributed by atoms with Crippen LogP contribution in [0, 0.1) is 0 Å². The molecule has 0 aliphatic rings. The van der Waals surface area contributed by atoms with Gasteiger partial charge in [-0.2, -0.15) is 17.6 Å². The molecule has 0 aromatic heterocycles. The van der Waals surface area contributed by atoms with Crippen LogP contribution in [0.25, 0.3) is 0 Å². The standard InChI is InChI=1S/C14H6Br2Cl2F4O3P/c15-11-5-7(17)1-3-9(11)13(19,20)24-26(23)25-14(21,22)10-4-2-8(18)6-12(10)16/h1-6H/q+1. The van der Waals surface area contributed by atoms with E-state index in [1.54, 1.807) is 0 Å². The zero-order chi connectivity index (χ0) is 19.7. The Balaban J connectivity index is 2.18. The topological polar surface area (TPSA) is 35.5 Å². The Bertz CT molecular complexity index is 787. The van der Waals surface area contributed by atoms with Crippen LogP contribution < -0.4 is 0 Å². The molecule has 0 fully saturated rings. The van der Waals surface area contributed by atoms with E-state index in [2.05, 4.69) is 40.9 Å². The molecule has 0 aliphatic heterocycles. The van der Waals surface area contributed by atoms with Gasteiger partial charge in [-0.1, -0.05) is 55.1 Å². The molecule has 0 atom stereocenters. The van der Waals surface area contributed by atoms with E-state index in [1.165, 1.54) is 0 Å². The smallest absolute Gasteiger partial charge is 0.166 e. The number of hydrogen-bond acceptors (Lipinski definition) is 3. The van der Waals surface area contributed by atoms with Gasteiger partial charge in [0.15, 0.2) is 0 Å². The highest BCUT2D eigenvalue weighted by Crippen LogP contribution is 2.48. The van der Waals surface area contributed by atoms with Crippen LogP contribution in [-0.2, 0) is 25.8 Å². The van der Waals surface area contributed by atoms with E-state index >= 15 is 0 Å². The second-order valence-corrected chi connectivity index (χ2v) is 8.08. The zero-order valence-electron chi connectivity index (χ0n) is 12.2. The first-order valence-electron chi connectivity index (χ1n) is 6.44. The minimum Gasteiger partial charge on any atom is -0.166 e. The summed E-state index contributed by atoms with van der Waals surface area (Å²) in [6.07, 6.45) is -8.35. The Morgan fingerprint density at radius 2 is 1.15 bits per heavy atom. The molecule has 0 saturated heterocycles. The average molecular weight is 560 g/mol. The maximum atomic E-state index is 14.1. The van der Waals surface area contributed by atoms with E-state index in [0.29, 0.717) is 0 Å². The van der Waals surface area contributed by atoms with Crippen LogP contribution in [0.15, 0.2) is 45.3 Å². The van der Waals surface area contributed by atoms with Crippen molar-refractivity contribution < 1.29 is 31.2 Å². The Morgan fingerprint density at radius 1 is 0.808 bits per heavy atom. The van der Waals surface area contributed by atoms with Crippen molar-refractivity contribution in [3.63, 3.8) is 0 Å². The van der Waals surface area contributed by atoms with Crippen molar-refractivity contribution in [3.05, 3.63) is 66.5 Å². The monoisotopic (exact) mass is 557 g/mol. The number of rotatable bonds is 6. The molecular formula is C14H6Br2Cl2F4O3P+. The second kappa shape index (κ2) is 8.39. The molecule has 12 heteroatoms. The third-order valence-corrected chi connectivity index (χ3v) is 5.41. The van der Waals surface area contributed by atoms with Crippen molar-refractivity contribution in [2.24, 2.45) is 0 Å². The summed E-state index contributed by atoms with van der Waals surface area (Å²) in [6, 6.07) is 6.33. The van der Waals surface area contributed by atoms with Crippen LogP contribution in [0.1, 0.15) is 11.1 Å². The van der Waals surface area contributed by atoms with Crippen LogP contribution in [0.2, 0.25) is 10.0 Å². The van der Waals surface area contributed by atoms with E-state index in [4.69, 9.17) is 23.2 Å². The van der Waals surface area contributed by atoms with Crippen molar-refractivity contribution in [2.45, 2.75) is 12.2 Å². The Kier molecular flexibility index (Phi) is 7.10. The van der Waals surface area contributed by atoms with Gasteiger partial charge in [0.25, 0.3) is 0 Å². The van der Waals surface area contributed by atoms with Crippen LogP contribution in [0.5, 0.6) is 0 Å². The predicted molar refractivity (Wildman–Crippen MR) is 95.9 cm³/mol. The van der Waals surface area contributed by atoms with Gasteiger partial charge in [-0.25, -0.2) is 0 Å². The van der Waals surface area contributed by atoms with Gasteiger partial charge < -0.3 is 0 Å². The van der Waals surface area contributed by atoms with Crippen LogP contribution in [0.4, 0.5) is 17.6 Å². The maximum absolute atomic E-state index is 14.1. The summed E-state index contributed by atoms with van der Waals surface area (Å²) in [7, 11) is -3.90. The molecule has 0 saturated carbocycles. The van der Waals surface area contributed by atoms with Crippen molar-refractivity contribution in [3.8, 4) is 0 Å². The lowest BCUT2D eigenvalue weighted by Crippen LogP contribution is -2.19. The van der Waals surface area contributed by atoms with Crippen molar-refractivity contribution >= 4 is 63.3 Å². The van der Waals surface area contributed by atoms with Crippen molar-refractivity contribution in [1.82, 2.24) is 0 Å². The third-order valence-electron chi connectivity index (χ3n) is 2.87. The van der Waals surface area contributed by atoms with E-state index in [0.717, 1.165) is 36.4 Å². The molecule has 0 bridgehead atoms. The third kappa shape index (κ3) is 5.38. The lowest BCUT2D eigenvalue weighted by Gasteiger charge is -2.14. The second-order valence-electron chi connectivity index (χ2n) is 4.69. The number of alkyl halides is 4. The van der Waals surface area contributed by atoms with Crippen LogP contribution in [-0.4, -0.2) is 0 Å². The number of hydrogen-bond donors (Lipinski definition) is 0. The van der Waals surface area contributed by atoms with Crippen molar-refractivity contribution in [2.75, 3.05) is 0 Å². The molecule has 0 unspecified atom stereocenters.